The van der Waals surface area contributed by atoms with Crippen molar-refractivity contribution in [3.8, 4) is 0 Å². The summed E-state index contributed by atoms with van der Waals surface area (Å²) in [6.07, 6.45) is 4.51. The van der Waals surface area contributed by atoms with Gasteiger partial charge in [0.15, 0.2) is 0 Å². The Morgan fingerprint density at radius 2 is 2.00 bits per heavy atom. The Morgan fingerprint density at radius 1 is 1.35 bits per heavy atom. The van der Waals surface area contributed by atoms with Crippen molar-refractivity contribution in [1.29, 1.82) is 0 Å². The molecule has 0 atom stereocenters. The van der Waals surface area contributed by atoms with Gasteiger partial charge in [0.2, 0.25) is 5.91 Å². The standard InChI is InChI=1S/C16H24N2O2/c1-3-11-18(14-7-5-13(17)6-8-14)15(19)12-16(20-2)9-4-10-16/h5-8H,3-4,9-12,17H2,1-2H3. The molecule has 1 aromatic carbocycles. The van der Waals surface area contributed by atoms with E-state index < -0.39 is 0 Å². The molecule has 1 saturated carbocycles. The minimum absolute atomic E-state index is 0.137. The second-order valence-corrected chi connectivity index (χ2v) is 5.55. The zero-order valence-corrected chi connectivity index (χ0v) is 12.4. The fourth-order valence-corrected chi connectivity index (χ4v) is 2.67. The van der Waals surface area contributed by atoms with E-state index in [1.54, 1.807) is 7.11 Å². The van der Waals surface area contributed by atoms with Crippen molar-refractivity contribution < 1.29 is 9.53 Å². The van der Waals surface area contributed by atoms with Crippen molar-refractivity contribution >= 4 is 17.3 Å². The average molecular weight is 276 g/mol. The van der Waals surface area contributed by atoms with Gasteiger partial charge < -0.3 is 15.4 Å². The molecule has 1 fully saturated rings. The zero-order valence-electron chi connectivity index (χ0n) is 12.4. The lowest BCUT2D eigenvalue weighted by atomic mass is 9.77. The number of amides is 1. The second kappa shape index (κ2) is 6.27. The molecule has 1 aliphatic carbocycles. The van der Waals surface area contributed by atoms with Crippen LogP contribution in [-0.2, 0) is 9.53 Å². The van der Waals surface area contributed by atoms with E-state index >= 15 is 0 Å². The lowest BCUT2D eigenvalue weighted by molar-refractivity contribution is -0.131. The number of nitrogens with two attached hydrogens (primary N) is 1. The van der Waals surface area contributed by atoms with Crippen LogP contribution in [0.3, 0.4) is 0 Å². The van der Waals surface area contributed by atoms with E-state index in [0.29, 0.717) is 12.1 Å². The van der Waals surface area contributed by atoms with Gasteiger partial charge in [0.1, 0.15) is 0 Å². The molecule has 0 unspecified atom stereocenters. The molecule has 0 spiro atoms. The van der Waals surface area contributed by atoms with Crippen LogP contribution in [0.25, 0.3) is 0 Å². The minimum Gasteiger partial charge on any atom is -0.399 e. The van der Waals surface area contributed by atoms with Crippen molar-refractivity contribution in [1.82, 2.24) is 0 Å². The summed E-state index contributed by atoms with van der Waals surface area (Å²) in [7, 11) is 1.71. The number of rotatable bonds is 6. The Labute approximate surface area is 120 Å². The van der Waals surface area contributed by atoms with E-state index in [2.05, 4.69) is 6.92 Å². The molecule has 110 valence electrons. The van der Waals surface area contributed by atoms with Crippen molar-refractivity contribution in [2.75, 3.05) is 24.3 Å². The fourth-order valence-electron chi connectivity index (χ4n) is 2.67. The number of methoxy groups -OCH3 is 1. The van der Waals surface area contributed by atoms with E-state index in [0.717, 1.165) is 37.9 Å². The third kappa shape index (κ3) is 3.12. The van der Waals surface area contributed by atoms with Crippen molar-refractivity contribution in [2.45, 2.75) is 44.6 Å². The molecule has 0 bridgehead atoms. The van der Waals surface area contributed by atoms with Gasteiger partial charge in [0, 0.05) is 25.0 Å². The molecule has 0 aromatic heterocycles. The number of ether oxygens (including phenoxy) is 1. The predicted octanol–water partition coefficient (Wildman–Crippen LogP) is 2.97. The van der Waals surface area contributed by atoms with Gasteiger partial charge in [-0.2, -0.15) is 0 Å². The summed E-state index contributed by atoms with van der Waals surface area (Å²) in [5.41, 5.74) is 7.11. The van der Waals surface area contributed by atoms with Crippen LogP contribution >= 0.6 is 0 Å². The van der Waals surface area contributed by atoms with Gasteiger partial charge in [-0.05, 0) is 49.9 Å². The Kier molecular flexibility index (Phi) is 4.65. The molecule has 4 heteroatoms. The Balaban J connectivity index is 2.11. The Morgan fingerprint density at radius 3 is 2.45 bits per heavy atom. The third-order valence-electron chi connectivity index (χ3n) is 4.12. The topological polar surface area (TPSA) is 55.6 Å². The largest absolute Gasteiger partial charge is 0.399 e. The Bertz CT molecular complexity index is 447. The summed E-state index contributed by atoms with van der Waals surface area (Å²) in [6.45, 7) is 2.80. The highest BCUT2D eigenvalue weighted by Gasteiger charge is 2.40. The number of anilines is 2. The van der Waals surface area contributed by atoms with E-state index in [1.807, 2.05) is 29.2 Å². The van der Waals surface area contributed by atoms with Gasteiger partial charge in [-0.3, -0.25) is 4.79 Å². The number of nitrogen functional groups attached to an aromatic ring is 1. The van der Waals surface area contributed by atoms with Crippen LogP contribution in [0.1, 0.15) is 39.0 Å². The summed E-state index contributed by atoms with van der Waals surface area (Å²) in [5.74, 6) is 0.137. The molecule has 1 amide bonds. The van der Waals surface area contributed by atoms with Gasteiger partial charge in [0.05, 0.1) is 12.0 Å². The van der Waals surface area contributed by atoms with Crippen LogP contribution < -0.4 is 10.6 Å². The highest BCUT2D eigenvalue weighted by atomic mass is 16.5. The maximum absolute atomic E-state index is 12.6. The molecule has 20 heavy (non-hydrogen) atoms. The smallest absolute Gasteiger partial charge is 0.229 e. The molecule has 0 radical (unpaired) electrons. The first-order chi connectivity index (χ1) is 9.60. The molecule has 2 N–H and O–H groups in total. The fraction of sp³-hybridized carbons (Fsp3) is 0.562. The molecule has 1 aliphatic rings. The van der Waals surface area contributed by atoms with Crippen LogP contribution in [0.2, 0.25) is 0 Å². The van der Waals surface area contributed by atoms with E-state index in [4.69, 9.17) is 10.5 Å². The SMILES string of the molecule is CCCN(C(=O)CC1(OC)CCC1)c1ccc(N)cc1. The van der Waals surface area contributed by atoms with Crippen LogP contribution in [0.4, 0.5) is 11.4 Å². The quantitative estimate of drug-likeness (QED) is 0.813. The summed E-state index contributed by atoms with van der Waals surface area (Å²) >= 11 is 0. The summed E-state index contributed by atoms with van der Waals surface area (Å²) in [4.78, 5) is 14.4. The number of nitrogens with zero attached hydrogens (tertiary/aromatic N) is 1. The molecule has 0 saturated heterocycles. The van der Waals surface area contributed by atoms with Crippen molar-refractivity contribution in [3.05, 3.63) is 24.3 Å². The van der Waals surface area contributed by atoms with Crippen LogP contribution in [0.5, 0.6) is 0 Å². The summed E-state index contributed by atoms with van der Waals surface area (Å²) in [5, 5.41) is 0. The first kappa shape index (κ1) is 14.9. The molecule has 4 nitrogen and oxygen atoms in total. The second-order valence-electron chi connectivity index (χ2n) is 5.55. The molecular weight excluding hydrogens is 252 g/mol. The van der Waals surface area contributed by atoms with Crippen molar-refractivity contribution in [3.63, 3.8) is 0 Å². The van der Waals surface area contributed by atoms with Crippen LogP contribution in [0, 0.1) is 0 Å². The van der Waals surface area contributed by atoms with Crippen LogP contribution in [-0.4, -0.2) is 25.2 Å². The van der Waals surface area contributed by atoms with Gasteiger partial charge in [-0.15, -0.1) is 0 Å². The Hall–Kier alpha value is -1.55. The summed E-state index contributed by atoms with van der Waals surface area (Å²) in [6, 6.07) is 7.48. The highest BCUT2D eigenvalue weighted by Crippen LogP contribution is 2.38. The summed E-state index contributed by atoms with van der Waals surface area (Å²) < 4.78 is 5.56. The maximum atomic E-state index is 12.6. The predicted molar refractivity (Wildman–Crippen MR) is 81.7 cm³/mol. The van der Waals surface area contributed by atoms with Crippen LogP contribution in [0.15, 0.2) is 24.3 Å². The molecule has 0 heterocycles. The first-order valence-electron chi connectivity index (χ1n) is 7.31. The molecule has 2 rings (SSSR count). The number of benzene rings is 1. The third-order valence-corrected chi connectivity index (χ3v) is 4.12. The van der Waals surface area contributed by atoms with Crippen molar-refractivity contribution in [2.24, 2.45) is 0 Å². The lowest BCUT2D eigenvalue weighted by Crippen LogP contribution is -2.45. The van der Waals surface area contributed by atoms with E-state index in [-0.39, 0.29) is 11.5 Å². The first-order valence-corrected chi connectivity index (χ1v) is 7.31. The number of carbonyl (C=O) groups excluding carboxylic acids is 1. The van der Waals surface area contributed by atoms with Gasteiger partial charge in [-0.1, -0.05) is 6.92 Å². The van der Waals surface area contributed by atoms with E-state index in [9.17, 15) is 4.79 Å². The monoisotopic (exact) mass is 276 g/mol. The average Bonchev–Trinajstić information content (AvgIpc) is 2.41. The number of carbonyl (C=O) groups is 1. The highest BCUT2D eigenvalue weighted by molar-refractivity contribution is 5.94. The van der Waals surface area contributed by atoms with Gasteiger partial charge >= 0.3 is 0 Å². The minimum atomic E-state index is -0.225. The number of hydrogen-bond donors (Lipinski definition) is 1. The van der Waals surface area contributed by atoms with E-state index in [1.165, 1.54) is 0 Å². The molecule has 0 aliphatic heterocycles. The molecule has 1 aromatic rings. The molecular formula is C16H24N2O2. The maximum Gasteiger partial charge on any atom is 0.229 e. The normalized spacial score (nSPS) is 16.5. The lowest BCUT2D eigenvalue weighted by Gasteiger charge is -2.41. The van der Waals surface area contributed by atoms with Gasteiger partial charge in [-0.25, -0.2) is 0 Å². The zero-order chi connectivity index (χ0) is 14.6. The number of hydrogen-bond acceptors (Lipinski definition) is 3. The van der Waals surface area contributed by atoms with Gasteiger partial charge in [0.25, 0.3) is 0 Å².